The fourth-order valence-electron chi connectivity index (χ4n) is 2.19. The number of rotatable bonds is 5. The zero-order chi connectivity index (χ0) is 13.1. The van der Waals surface area contributed by atoms with Gasteiger partial charge in [0.1, 0.15) is 5.82 Å². The molecule has 19 heavy (non-hydrogen) atoms. The molecule has 0 aromatic carbocycles. The van der Waals surface area contributed by atoms with Crippen LogP contribution in [0.2, 0.25) is 0 Å². The third-order valence-corrected chi connectivity index (χ3v) is 4.77. The molecule has 2 aliphatic rings. The molecule has 0 spiro atoms. The Bertz CT molecular complexity index is 431. The van der Waals surface area contributed by atoms with Crippen LogP contribution in [0.1, 0.15) is 25.7 Å². The van der Waals surface area contributed by atoms with Crippen LogP contribution in [-0.2, 0) is 0 Å². The zero-order valence-electron chi connectivity index (χ0n) is 11.1. The molecule has 1 atom stereocenters. The van der Waals surface area contributed by atoms with Crippen molar-refractivity contribution in [1.82, 2.24) is 4.98 Å². The van der Waals surface area contributed by atoms with Crippen molar-refractivity contribution in [1.29, 1.82) is 0 Å². The molecule has 2 fully saturated rings. The van der Waals surface area contributed by atoms with Gasteiger partial charge < -0.3 is 15.8 Å². The van der Waals surface area contributed by atoms with Crippen molar-refractivity contribution in [3.8, 4) is 5.88 Å². The molecule has 5 heteroatoms. The number of hydrogen-bond acceptors (Lipinski definition) is 5. The Labute approximate surface area is 118 Å². The summed E-state index contributed by atoms with van der Waals surface area (Å²) in [6.07, 6.45) is 5.05. The minimum atomic E-state index is 0.520. The lowest BCUT2D eigenvalue weighted by Gasteiger charge is -2.23. The molecule has 3 rings (SSSR count). The number of hydrogen-bond donors (Lipinski definition) is 2. The normalized spacial score (nSPS) is 23.1. The van der Waals surface area contributed by atoms with Crippen molar-refractivity contribution in [3.63, 3.8) is 0 Å². The molecule has 104 valence electrons. The zero-order valence-corrected chi connectivity index (χ0v) is 11.9. The molecule has 1 saturated heterocycles. The molecule has 1 aromatic rings. The lowest BCUT2D eigenvalue weighted by Crippen LogP contribution is -2.26. The topological polar surface area (TPSA) is 60.2 Å². The Hall–Kier alpha value is -1.10. The van der Waals surface area contributed by atoms with E-state index >= 15 is 0 Å². The lowest BCUT2D eigenvalue weighted by atomic mass is 10.2. The van der Waals surface area contributed by atoms with Crippen LogP contribution in [0.25, 0.3) is 0 Å². The van der Waals surface area contributed by atoms with Gasteiger partial charge in [0.2, 0.25) is 5.88 Å². The quantitative estimate of drug-likeness (QED) is 0.868. The Morgan fingerprint density at radius 1 is 1.37 bits per heavy atom. The number of aromatic nitrogens is 1. The molecule has 0 amide bonds. The minimum Gasteiger partial charge on any atom is -0.476 e. The first-order valence-electron chi connectivity index (χ1n) is 7.05. The summed E-state index contributed by atoms with van der Waals surface area (Å²) < 4.78 is 5.71. The first-order valence-corrected chi connectivity index (χ1v) is 8.20. The van der Waals surface area contributed by atoms with E-state index in [1.807, 2.05) is 23.9 Å². The highest BCUT2D eigenvalue weighted by Gasteiger charge is 2.22. The summed E-state index contributed by atoms with van der Waals surface area (Å²) in [4.78, 5) is 4.50. The number of ether oxygens (including phenoxy) is 1. The van der Waals surface area contributed by atoms with Crippen LogP contribution < -0.4 is 15.8 Å². The summed E-state index contributed by atoms with van der Waals surface area (Å²) in [5.41, 5.74) is 6.54. The number of nitrogen functional groups attached to an aromatic ring is 1. The molecule has 1 aromatic heterocycles. The highest BCUT2D eigenvalue weighted by atomic mass is 32.2. The average molecular weight is 279 g/mol. The largest absolute Gasteiger partial charge is 0.476 e. The van der Waals surface area contributed by atoms with E-state index < -0.39 is 0 Å². The monoisotopic (exact) mass is 279 g/mol. The number of thioether (sulfide) groups is 1. The molecule has 1 aliphatic heterocycles. The summed E-state index contributed by atoms with van der Waals surface area (Å²) >= 11 is 2.01. The van der Waals surface area contributed by atoms with E-state index in [0.717, 1.165) is 18.2 Å². The smallest absolute Gasteiger partial charge is 0.239 e. The standard InChI is InChI=1S/C14H21N3OS/c15-12-5-6-13(16-11-2-1-7-19-9-11)17-14(12)18-8-10-3-4-10/h5-6,10-11H,1-4,7-9,15H2,(H,16,17). The van der Waals surface area contributed by atoms with E-state index in [1.165, 1.54) is 31.4 Å². The van der Waals surface area contributed by atoms with Crippen LogP contribution in [0.15, 0.2) is 12.1 Å². The Kier molecular flexibility index (Phi) is 4.01. The van der Waals surface area contributed by atoms with Crippen LogP contribution in [0.5, 0.6) is 5.88 Å². The molecule has 4 nitrogen and oxygen atoms in total. The van der Waals surface area contributed by atoms with Crippen LogP contribution >= 0.6 is 11.8 Å². The number of nitrogens with one attached hydrogen (secondary N) is 1. The van der Waals surface area contributed by atoms with Crippen molar-refractivity contribution >= 4 is 23.3 Å². The maximum absolute atomic E-state index is 5.91. The fourth-order valence-corrected chi connectivity index (χ4v) is 3.26. The van der Waals surface area contributed by atoms with E-state index in [4.69, 9.17) is 10.5 Å². The second-order valence-electron chi connectivity index (χ2n) is 5.40. The van der Waals surface area contributed by atoms with Gasteiger partial charge in [0.25, 0.3) is 0 Å². The van der Waals surface area contributed by atoms with Crippen LogP contribution in [0.4, 0.5) is 11.5 Å². The van der Waals surface area contributed by atoms with Gasteiger partial charge in [-0.15, -0.1) is 0 Å². The molecule has 2 heterocycles. The van der Waals surface area contributed by atoms with Crippen molar-refractivity contribution in [3.05, 3.63) is 12.1 Å². The summed E-state index contributed by atoms with van der Waals surface area (Å²) in [6, 6.07) is 4.35. The van der Waals surface area contributed by atoms with Crippen LogP contribution in [0.3, 0.4) is 0 Å². The average Bonchev–Trinajstić information content (AvgIpc) is 3.25. The van der Waals surface area contributed by atoms with Crippen molar-refractivity contribution < 1.29 is 4.74 Å². The molecule has 0 radical (unpaired) electrons. The summed E-state index contributed by atoms with van der Waals surface area (Å²) in [6.45, 7) is 0.750. The Balaban J connectivity index is 1.61. The van der Waals surface area contributed by atoms with Crippen LogP contribution in [0, 0.1) is 5.92 Å². The molecule has 1 unspecified atom stereocenters. The third kappa shape index (κ3) is 3.69. The van der Waals surface area contributed by atoms with Gasteiger partial charge in [-0.1, -0.05) is 0 Å². The van der Waals surface area contributed by atoms with Gasteiger partial charge in [-0.3, -0.25) is 0 Å². The first-order chi connectivity index (χ1) is 9.31. The predicted molar refractivity (Wildman–Crippen MR) is 80.8 cm³/mol. The Morgan fingerprint density at radius 2 is 2.26 bits per heavy atom. The van der Waals surface area contributed by atoms with Gasteiger partial charge in [0.05, 0.1) is 12.3 Å². The number of anilines is 2. The van der Waals surface area contributed by atoms with Gasteiger partial charge in [0, 0.05) is 11.8 Å². The third-order valence-electron chi connectivity index (χ3n) is 3.55. The van der Waals surface area contributed by atoms with Gasteiger partial charge in [-0.25, -0.2) is 0 Å². The molecular formula is C14H21N3OS. The summed E-state index contributed by atoms with van der Waals surface area (Å²) in [5.74, 6) is 4.62. The molecule has 0 bridgehead atoms. The summed E-state index contributed by atoms with van der Waals surface area (Å²) in [7, 11) is 0. The SMILES string of the molecule is Nc1ccc(NC2CCCSC2)nc1OCC1CC1. The van der Waals surface area contributed by atoms with Gasteiger partial charge in [0.15, 0.2) is 0 Å². The van der Waals surface area contributed by atoms with E-state index in [-0.39, 0.29) is 0 Å². The fraction of sp³-hybridized carbons (Fsp3) is 0.643. The predicted octanol–water partition coefficient (Wildman–Crippen LogP) is 2.76. The van der Waals surface area contributed by atoms with Crippen molar-refractivity contribution in [2.45, 2.75) is 31.7 Å². The number of pyridine rings is 1. The highest BCUT2D eigenvalue weighted by molar-refractivity contribution is 7.99. The van der Waals surface area contributed by atoms with E-state index in [9.17, 15) is 0 Å². The number of nitrogens with two attached hydrogens (primary N) is 1. The van der Waals surface area contributed by atoms with E-state index in [0.29, 0.717) is 23.5 Å². The molecular weight excluding hydrogens is 258 g/mol. The van der Waals surface area contributed by atoms with Crippen LogP contribution in [-0.4, -0.2) is 29.1 Å². The van der Waals surface area contributed by atoms with Gasteiger partial charge >= 0.3 is 0 Å². The second-order valence-corrected chi connectivity index (χ2v) is 6.55. The second kappa shape index (κ2) is 5.90. The first kappa shape index (κ1) is 12.9. The lowest BCUT2D eigenvalue weighted by molar-refractivity contribution is 0.290. The van der Waals surface area contributed by atoms with Crippen molar-refractivity contribution in [2.75, 3.05) is 29.2 Å². The number of nitrogens with zero attached hydrogens (tertiary/aromatic N) is 1. The van der Waals surface area contributed by atoms with Gasteiger partial charge in [-0.2, -0.15) is 16.7 Å². The minimum absolute atomic E-state index is 0.520. The maximum atomic E-state index is 5.91. The van der Waals surface area contributed by atoms with E-state index in [2.05, 4.69) is 10.3 Å². The molecule has 1 aliphatic carbocycles. The molecule has 3 N–H and O–H groups in total. The van der Waals surface area contributed by atoms with Gasteiger partial charge in [-0.05, 0) is 49.5 Å². The summed E-state index contributed by atoms with van der Waals surface area (Å²) in [5, 5.41) is 3.48. The Morgan fingerprint density at radius 3 is 3.00 bits per heavy atom. The highest BCUT2D eigenvalue weighted by Crippen LogP contribution is 2.31. The van der Waals surface area contributed by atoms with Crippen molar-refractivity contribution in [2.24, 2.45) is 5.92 Å². The molecule has 1 saturated carbocycles. The maximum Gasteiger partial charge on any atom is 0.239 e. The van der Waals surface area contributed by atoms with E-state index in [1.54, 1.807) is 0 Å².